The minimum absolute atomic E-state index is 0.0396. The molecule has 1 saturated carbocycles. The van der Waals surface area contributed by atoms with E-state index in [1.54, 1.807) is 7.11 Å². The SMILES string of the molecule is COCCNC(=O)C1CCC(c2ccccc2)N(C(=O)C2CCCC2)C1. The van der Waals surface area contributed by atoms with Crippen LogP contribution in [-0.2, 0) is 14.3 Å². The van der Waals surface area contributed by atoms with E-state index >= 15 is 0 Å². The number of likely N-dealkylation sites (tertiary alicyclic amines) is 1. The molecule has 1 aliphatic carbocycles. The fourth-order valence-corrected chi connectivity index (χ4v) is 4.28. The standard InChI is InChI=1S/C21H30N2O3/c1-26-14-13-22-20(24)18-11-12-19(16-7-3-2-4-8-16)23(15-18)21(25)17-9-5-6-10-17/h2-4,7-8,17-19H,5-6,9-15H2,1H3,(H,22,24). The van der Waals surface area contributed by atoms with Crippen molar-refractivity contribution in [3.05, 3.63) is 35.9 Å². The molecule has 142 valence electrons. The van der Waals surface area contributed by atoms with Gasteiger partial charge >= 0.3 is 0 Å². The molecule has 2 unspecified atom stereocenters. The summed E-state index contributed by atoms with van der Waals surface area (Å²) in [5, 5.41) is 2.94. The summed E-state index contributed by atoms with van der Waals surface area (Å²) in [5.41, 5.74) is 1.18. The van der Waals surface area contributed by atoms with E-state index in [0.717, 1.165) is 38.5 Å². The largest absolute Gasteiger partial charge is 0.383 e. The Hall–Kier alpha value is -1.88. The number of nitrogens with one attached hydrogen (secondary N) is 1. The second kappa shape index (κ2) is 9.17. The van der Waals surface area contributed by atoms with Crippen LogP contribution in [-0.4, -0.2) is 43.5 Å². The molecule has 0 radical (unpaired) electrons. The topological polar surface area (TPSA) is 58.6 Å². The van der Waals surface area contributed by atoms with Gasteiger partial charge in [0.05, 0.1) is 18.6 Å². The van der Waals surface area contributed by atoms with Crippen molar-refractivity contribution in [3.8, 4) is 0 Å². The van der Waals surface area contributed by atoms with Gasteiger partial charge in [-0.3, -0.25) is 9.59 Å². The lowest BCUT2D eigenvalue weighted by molar-refractivity contribution is -0.142. The fourth-order valence-electron chi connectivity index (χ4n) is 4.28. The molecule has 1 N–H and O–H groups in total. The van der Waals surface area contributed by atoms with Crippen molar-refractivity contribution in [1.29, 1.82) is 0 Å². The Morgan fingerprint density at radius 1 is 1.08 bits per heavy atom. The lowest BCUT2D eigenvalue weighted by Crippen LogP contribution is -2.48. The van der Waals surface area contributed by atoms with Crippen molar-refractivity contribution in [2.24, 2.45) is 11.8 Å². The Balaban J connectivity index is 1.72. The Morgan fingerprint density at radius 2 is 1.81 bits per heavy atom. The van der Waals surface area contributed by atoms with Crippen molar-refractivity contribution >= 4 is 11.8 Å². The maximum absolute atomic E-state index is 13.2. The van der Waals surface area contributed by atoms with E-state index in [1.807, 2.05) is 23.1 Å². The third kappa shape index (κ3) is 4.44. The van der Waals surface area contributed by atoms with Crippen LogP contribution in [0.4, 0.5) is 0 Å². The van der Waals surface area contributed by atoms with Crippen LogP contribution in [0, 0.1) is 11.8 Å². The molecule has 2 atom stereocenters. The van der Waals surface area contributed by atoms with Crippen LogP contribution in [0.25, 0.3) is 0 Å². The van der Waals surface area contributed by atoms with Gasteiger partial charge in [-0.1, -0.05) is 43.2 Å². The van der Waals surface area contributed by atoms with E-state index in [-0.39, 0.29) is 29.7 Å². The maximum Gasteiger partial charge on any atom is 0.226 e. The first-order valence-corrected chi connectivity index (χ1v) is 9.82. The van der Waals surface area contributed by atoms with Crippen molar-refractivity contribution in [1.82, 2.24) is 10.2 Å². The molecule has 1 aliphatic heterocycles. The van der Waals surface area contributed by atoms with E-state index in [1.165, 1.54) is 5.56 Å². The highest BCUT2D eigenvalue weighted by Gasteiger charge is 2.38. The minimum Gasteiger partial charge on any atom is -0.383 e. The molecular weight excluding hydrogens is 328 g/mol. The molecule has 5 heteroatoms. The third-order valence-electron chi connectivity index (χ3n) is 5.73. The quantitative estimate of drug-likeness (QED) is 0.796. The van der Waals surface area contributed by atoms with Gasteiger partial charge in [-0.25, -0.2) is 0 Å². The number of nitrogens with zero attached hydrogens (tertiary/aromatic N) is 1. The Bertz CT molecular complexity index is 599. The van der Waals surface area contributed by atoms with Crippen LogP contribution in [0.3, 0.4) is 0 Å². The van der Waals surface area contributed by atoms with Gasteiger partial charge in [0.1, 0.15) is 0 Å². The molecule has 1 aromatic carbocycles. The van der Waals surface area contributed by atoms with Crippen LogP contribution in [0.2, 0.25) is 0 Å². The lowest BCUT2D eigenvalue weighted by atomic mass is 9.87. The molecule has 2 fully saturated rings. The first-order chi connectivity index (χ1) is 12.7. The summed E-state index contributed by atoms with van der Waals surface area (Å²) < 4.78 is 5.00. The average molecular weight is 358 g/mol. The van der Waals surface area contributed by atoms with E-state index in [2.05, 4.69) is 17.4 Å². The molecule has 5 nitrogen and oxygen atoms in total. The number of amides is 2. The zero-order valence-corrected chi connectivity index (χ0v) is 15.7. The summed E-state index contributed by atoms with van der Waals surface area (Å²) in [7, 11) is 1.62. The van der Waals surface area contributed by atoms with Crippen LogP contribution in [0.1, 0.15) is 50.1 Å². The number of hydrogen-bond donors (Lipinski definition) is 1. The summed E-state index contributed by atoms with van der Waals surface area (Å²) >= 11 is 0. The molecule has 0 aromatic heterocycles. The molecule has 1 heterocycles. The molecule has 2 aliphatic rings. The second-order valence-corrected chi connectivity index (χ2v) is 7.46. The molecular formula is C21H30N2O3. The number of ether oxygens (including phenoxy) is 1. The summed E-state index contributed by atoms with van der Waals surface area (Å²) in [4.78, 5) is 27.7. The number of carbonyl (C=O) groups is 2. The molecule has 1 aromatic rings. The second-order valence-electron chi connectivity index (χ2n) is 7.46. The van der Waals surface area contributed by atoms with Crippen molar-refractivity contribution < 1.29 is 14.3 Å². The molecule has 0 bridgehead atoms. The minimum atomic E-state index is -0.128. The van der Waals surface area contributed by atoms with Gasteiger partial charge < -0.3 is 15.0 Å². The summed E-state index contributed by atoms with van der Waals surface area (Å²) in [6.45, 7) is 1.55. The molecule has 26 heavy (non-hydrogen) atoms. The number of carbonyl (C=O) groups excluding carboxylic acids is 2. The highest BCUT2D eigenvalue weighted by Crippen LogP contribution is 2.37. The monoisotopic (exact) mass is 358 g/mol. The van der Waals surface area contributed by atoms with Gasteiger partial charge in [0.2, 0.25) is 11.8 Å². The molecule has 3 rings (SSSR count). The predicted molar refractivity (Wildman–Crippen MR) is 100 cm³/mol. The maximum atomic E-state index is 13.2. The van der Waals surface area contributed by atoms with Crippen LogP contribution in [0.15, 0.2) is 30.3 Å². The number of rotatable bonds is 6. The van der Waals surface area contributed by atoms with E-state index in [4.69, 9.17) is 4.74 Å². The van der Waals surface area contributed by atoms with Crippen LogP contribution < -0.4 is 5.32 Å². The van der Waals surface area contributed by atoms with Gasteiger partial charge in [-0.2, -0.15) is 0 Å². The third-order valence-corrected chi connectivity index (χ3v) is 5.73. The van der Waals surface area contributed by atoms with Crippen LogP contribution in [0.5, 0.6) is 0 Å². The highest BCUT2D eigenvalue weighted by molar-refractivity contribution is 5.83. The summed E-state index contributed by atoms with van der Waals surface area (Å²) in [6.07, 6.45) is 5.91. The van der Waals surface area contributed by atoms with Crippen molar-refractivity contribution in [3.63, 3.8) is 0 Å². The zero-order chi connectivity index (χ0) is 18.4. The summed E-state index contributed by atoms with van der Waals surface area (Å²) in [5.74, 6) is 0.289. The van der Waals surface area contributed by atoms with Gasteiger partial charge in [0, 0.05) is 26.1 Å². The van der Waals surface area contributed by atoms with Gasteiger partial charge in [0.15, 0.2) is 0 Å². The van der Waals surface area contributed by atoms with E-state index in [0.29, 0.717) is 19.7 Å². The van der Waals surface area contributed by atoms with Gasteiger partial charge in [-0.15, -0.1) is 0 Å². The van der Waals surface area contributed by atoms with Crippen molar-refractivity contribution in [2.45, 2.75) is 44.6 Å². The molecule has 1 saturated heterocycles. The first-order valence-electron chi connectivity index (χ1n) is 9.82. The Morgan fingerprint density at radius 3 is 2.50 bits per heavy atom. The first kappa shape index (κ1) is 18.9. The number of methoxy groups -OCH3 is 1. The number of piperidine rings is 1. The zero-order valence-electron chi connectivity index (χ0n) is 15.7. The number of benzene rings is 1. The van der Waals surface area contributed by atoms with Crippen LogP contribution >= 0.6 is 0 Å². The fraction of sp³-hybridized carbons (Fsp3) is 0.619. The highest BCUT2D eigenvalue weighted by atomic mass is 16.5. The number of hydrogen-bond acceptors (Lipinski definition) is 3. The average Bonchev–Trinajstić information content (AvgIpc) is 3.22. The van der Waals surface area contributed by atoms with Gasteiger partial charge in [0.25, 0.3) is 0 Å². The lowest BCUT2D eigenvalue weighted by Gasteiger charge is -2.40. The summed E-state index contributed by atoms with van der Waals surface area (Å²) in [6, 6.07) is 10.3. The smallest absolute Gasteiger partial charge is 0.226 e. The molecule has 0 spiro atoms. The Labute approximate surface area is 156 Å². The predicted octanol–water partition coefficient (Wildman–Crippen LogP) is 2.92. The normalized spacial score (nSPS) is 23.8. The van der Waals surface area contributed by atoms with Crippen molar-refractivity contribution in [2.75, 3.05) is 26.8 Å². The van der Waals surface area contributed by atoms with Gasteiger partial charge in [-0.05, 0) is 31.2 Å². The Kier molecular flexibility index (Phi) is 6.67. The van der Waals surface area contributed by atoms with E-state index < -0.39 is 0 Å². The molecule has 2 amide bonds. The van der Waals surface area contributed by atoms with E-state index in [9.17, 15) is 9.59 Å².